The van der Waals surface area contributed by atoms with Gasteiger partial charge < -0.3 is 21.7 Å². The van der Waals surface area contributed by atoms with Crippen molar-refractivity contribution in [3.8, 4) is 0 Å². The average molecular weight is 314 g/mol. The van der Waals surface area contributed by atoms with Crippen LogP contribution in [0.2, 0.25) is 0 Å². The van der Waals surface area contributed by atoms with Gasteiger partial charge in [-0.05, 0) is 24.7 Å². The van der Waals surface area contributed by atoms with Crippen LogP contribution >= 0.6 is 0 Å². The number of carboxylic acid groups (broad SMARTS) is 2. The summed E-state index contributed by atoms with van der Waals surface area (Å²) in [5.41, 5.74) is 10.8. The molecule has 2 aliphatic rings. The number of rotatable bonds is 6. The standard InChI is InChI=1S/2C8H15NO2/c2*9-7(8(10)11)5-6-3-1-2-4-6/h2*6-7H,1-5,9H2,(H,10,11)/t2*7-/m11/s1. The SMILES string of the molecule is N[C@H](CC1CCCC1)C(=O)O.N[C@H](CC1CCCC1)C(=O)O. The highest BCUT2D eigenvalue weighted by atomic mass is 16.4. The maximum Gasteiger partial charge on any atom is 0.320 e. The number of hydrogen-bond donors (Lipinski definition) is 4. The van der Waals surface area contributed by atoms with Crippen LogP contribution in [0.25, 0.3) is 0 Å². The third kappa shape index (κ3) is 7.22. The average Bonchev–Trinajstić information content (AvgIpc) is 3.12. The van der Waals surface area contributed by atoms with Crippen LogP contribution < -0.4 is 11.5 Å². The molecule has 0 amide bonds. The van der Waals surface area contributed by atoms with Gasteiger partial charge in [-0.3, -0.25) is 9.59 Å². The summed E-state index contributed by atoms with van der Waals surface area (Å²) < 4.78 is 0. The Morgan fingerprint density at radius 3 is 1.27 bits per heavy atom. The fourth-order valence-electron chi connectivity index (χ4n) is 3.41. The summed E-state index contributed by atoms with van der Waals surface area (Å²) >= 11 is 0. The second kappa shape index (κ2) is 9.79. The molecule has 22 heavy (non-hydrogen) atoms. The maximum atomic E-state index is 10.4. The number of nitrogens with two attached hydrogens (primary N) is 2. The molecule has 0 heterocycles. The molecule has 2 saturated carbocycles. The molecule has 0 radical (unpaired) electrons. The lowest BCUT2D eigenvalue weighted by atomic mass is 9.99. The van der Waals surface area contributed by atoms with Gasteiger partial charge in [0, 0.05) is 0 Å². The minimum Gasteiger partial charge on any atom is -0.480 e. The van der Waals surface area contributed by atoms with Gasteiger partial charge in [0.2, 0.25) is 0 Å². The van der Waals surface area contributed by atoms with Crippen molar-refractivity contribution in [3.05, 3.63) is 0 Å². The van der Waals surface area contributed by atoms with Crippen molar-refractivity contribution in [2.24, 2.45) is 23.3 Å². The highest BCUT2D eigenvalue weighted by Crippen LogP contribution is 2.28. The van der Waals surface area contributed by atoms with Crippen LogP contribution in [-0.2, 0) is 9.59 Å². The third-order valence-electron chi connectivity index (χ3n) is 4.76. The largest absolute Gasteiger partial charge is 0.480 e. The molecule has 2 atom stereocenters. The Kier molecular flexibility index (Phi) is 8.42. The third-order valence-corrected chi connectivity index (χ3v) is 4.76. The van der Waals surface area contributed by atoms with E-state index in [0.717, 1.165) is 0 Å². The maximum absolute atomic E-state index is 10.4. The molecule has 2 aliphatic carbocycles. The van der Waals surface area contributed by atoms with Crippen LogP contribution in [0.1, 0.15) is 64.2 Å². The van der Waals surface area contributed by atoms with E-state index in [0.29, 0.717) is 24.7 Å². The van der Waals surface area contributed by atoms with Gasteiger partial charge in [0.15, 0.2) is 0 Å². The second-order valence-electron chi connectivity index (χ2n) is 6.66. The smallest absolute Gasteiger partial charge is 0.320 e. The number of carboxylic acids is 2. The number of hydrogen-bond acceptors (Lipinski definition) is 4. The molecule has 0 spiro atoms. The molecule has 6 N–H and O–H groups in total. The summed E-state index contributed by atoms with van der Waals surface area (Å²) in [5.74, 6) is -0.587. The van der Waals surface area contributed by atoms with Crippen molar-refractivity contribution in [2.75, 3.05) is 0 Å². The predicted molar refractivity (Wildman–Crippen MR) is 84.4 cm³/mol. The summed E-state index contributed by atoms with van der Waals surface area (Å²) in [6.07, 6.45) is 11.0. The van der Waals surface area contributed by atoms with Gasteiger partial charge in [0.1, 0.15) is 12.1 Å². The first-order valence-electron chi connectivity index (χ1n) is 8.37. The van der Waals surface area contributed by atoms with Gasteiger partial charge in [-0.2, -0.15) is 0 Å². The van der Waals surface area contributed by atoms with Crippen LogP contribution in [0.3, 0.4) is 0 Å². The van der Waals surface area contributed by atoms with E-state index in [-0.39, 0.29) is 0 Å². The van der Waals surface area contributed by atoms with E-state index in [1.54, 1.807) is 0 Å². The molecule has 0 unspecified atom stereocenters. The second-order valence-corrected chi connectivity index (χ2v) is 6.66. The van der Waals surface area contributed by atoms with Gasteiger partial charge in [-0.15, -0.1) is 0 Å². The minimum atomic E-state index is -0.864. The quantitative estimate of drug-likeness (QED) is 0.593. The first kappa shape index (κ1) is 18.9. The zero-order chi connectivity index (χ0) is 16.5. The van der Waals surface area contributed by atoms with Crippen LogP contribution in [0, 0.1) is 11.8 Å². The van der Waals surface area contributed by atoms with E-state index >= 15 is 0 Å². The van der Waals surface area contributed by atoms with Crippen LogP contribution in [0.5, 0.6) is 0 Å². The zero-order valence-corrected chi connectivity index (χ0v) is 13.2. The molecule has 2 fully saturated rings. The molecule has 0 aliphatic heterocycles. The topological polar surface area (TPSA) is 127 Å². The van der Waals surface area contributed by atoms with Gasteiger partial charge >= 0.3 is 11.9 Å². The fourth-order valence-corrected chi connectivity index (χ4v) is 3.41. The van der Waals surface area contributed by atoms with E-state index in [9.17, 15) is 9.59 Å². The molecule has 0 bridgehead atoms. The van der Waals surface area contributed by atoms with E-state index in [2.05, 4.69) is 0 Å². The summed E-state index contributed by atoms with van der Waals surface area (Å²) in [5, 5.41) is 17.0. The Bertz CT molecular complexity index is 316. The molecule has 6 heteroatoms. The molecule has 0 aromatic rings. The van der Waals surface area contributed by atoms with Crippen molar-refractivity contribution in [2.45, 2.75) is 76.3 Å². The molecule has 0 saturated heterocycles. The van der Waals surface area contributed by atoms with Crippen molar-refractivity contribution < 1.29 is 19.8 Å². The highest BCUT2D eigenvalue weighted by Gasteiger charge is 2.22. The number of carbonyl (C=O) groups is 2. The van der Waals surface area contributed by atoms with Crippen LogP contribution in [0.15, 0.2) is 0 Å². The van der Waals surface area contributed by atoms with Crippen LogP contribution in [-0.4, -0.2) is 34.2 Å². The Labute approximate surface area is 132 Å². The highest BCUT2D eigenvalue weighted by molar-refractivity contribution is 5.73. The fraction of sp³-hybridized carbons (Fsp3) is 0.875. The Hall–Kier alpha value is -1.14. The van der Waals surface area contributed by atoms with Gasteiger partial charge in [0.25, 0.3) is 0 Å². The first-order valence-corrected chi connectivity index (χ1v) is 8.37. The normalized spacial score (nSPS) is 21.9. The Morgan fingerprint density at radius 1 is 0.773 bits per heavy atom. The van der Waals surface area contributed by atoms with Crippen molar-refractivity contribution in [3.63, 3.8) is 0 Å². The zero-order valence-electron chi connectivity index (χ0n) is 13.2. The lowest BCUT2D eigenvalue weighted by Crippen LogP contribution is -2.31. The van der Waals surface area contributed by atoms with Crippen molar-refractivity contribution in [1.29, 1.82) is 0 Å². The van der Waals surface area contributed by atoms with Crippen molar-refractivity contribution >= 4 is 11.9 Å². The summed E-state index contributed by atoms with van der Waals surface area (Å²) in [4.78, 5) is 20.7. The van der Waals surface area contributed by atoms with Gasteiger partial charge in [-0.1, -0.05) is 51.4 Å². The lowest BCUT2D eigenvalue weighted by molar-refractivity contribution is -0.139. The molecule has 2 rings (SSSR count). The molecular weight excluding hydrogens is 284 g/mol. The molecular formula is C16H30N2O4. The molecule has 6 nitrogen and oxygen atoms in total. The lowest BCUT2D eigenvalue weighted by Gasteiger charge is -2.11. The summed E-state index contributed by atoms with van der Waals surface area (Å²) in [6.45, 7) is 0. The first-order chi connectivity index (χ1) is 10.4. The predicted octanol–water partition coefficient (Wildman–Crippen LogP) is 1.96. The minimum absolute atomic E-state index is 0.570. The summed E-state index contributed by atoms with van der Waals surface area (Å²) in [6, 6.07) is -1.28. The van der Waals surface area contributed by atoms with E-state index < -0.39 is 24.0 Å². The molecule has 128 valence electrons. The van der Waals surface area contributed by atoms with Gasteiger partial charge in [-0.25, -0.2) is 0 Å². The summed E-state index contributed by atoms with van der Waals surface area (Å²) in [7, 11) is 0. The molecule has 0 aromatic carbocycles. The van der Waals surface area contributed by atoms with E-state index in [1.165, 1.54) is 51.4 Å². The number of aliphatic carboxylic acids is 2. The van der Waals surface area contributed by atoms with Crippen LogP contribution in [0.4, 0.5) is 0 Å². The Balaban J connectivity index is 0.000000220. The van der Waals surface area contributed by atoms with E-state index in [1.807, 2.05) is 0 Å². The van der Waals surface area contributed by atoms with E-state index in [4.69, 9.17) is 21.7 Å². The molecule has 0 aromatic heterocycles. The van der Waals surface area contributed by atoms with Crippen molar-refractivity contribution in [1.82, 2.24) is 0 Å². The van der Waals surface area contributed by atoms with Gasteiger partial charge in [0.05, 0.1) is 0 Å². The monoisotopic (exact) mass is 314 g/mol. The Morgan fingerprint density at radius 2 is 1.05 bits per heavy atom.